The first-order valence-electron chi connectivity index (χ1n) is 5.41. The molecule has 0 spiro atoms. The van der Waals surface area contributed by atoms with E-state index in [1.807, 2.05) is 19.9 Å². The van der Waals surface area contributed by atoms with Gasteiger partial charge in [-0.2, -0.15) is 0 Å². The van der Waals surface area contributed by atoms with Crippen LogP contribution in [0.4, 0.5) is 11.4 Å². The topological polar surface area (TPSA) is 38.0 Å². The van der Waals surface area contributed by atoms with Gasteiger partial charge in [0.15, 0.2) is 0 Å². The molecule has 1 aliphatic heterocycles. The van der Waals surface area contributed by atoms with E-state index in [0.717, 1.165) is 12.2 Å². The predicted molar refractivity (Wildman–Crippen MR) is 63.8 cm³/mol. The Bertz CT molecular complexity index is 305. The zero-order chi connectivity index (χ0) is 10.6. The number of fused-ring (bicyclic) bond motifs is 1. The molecule has 0 atom stereocenters. The van der Waals surface area contributed by atoms with Crippen LogP contribution in [0.3, 0.4) is 0 Å². The van der Waals surface area contributed by atoms with Crippen molar-refractivity contribution in [1.82, 2.24) is 0 Å². The Balaban J connectivity index is 0.000000461. The highest BCUT2D eigenvalue weighted by atomic mass is 14.9. The van der Waals surface area contributed by atoms with Crippen molar-refractivity contribution in [1.29, 1.82) is 0 Å². The number of nitrogens with one attached hydrogen (secondary N) is 1. The van der Waals surface area contributed by atoms with Crippen LogP contribution in [0.5, 0.6) is 0 Å². The number of rotatable bonds is 0. The number of nitrogens with two attached hydrogens (primary N) is 1. The largest absolute Gasteiger partial charge is 0.398 e. The van der Waals surface area contributed by atoms with Crippen molar-refractivity contribution >= 4 is 11.4 Å². The van der Waals surface area contributed by atoms with Gasteiger partial charge < -0.3 is 11.1 Å². The molecule has 2 nitrogen and oxygen atoms in total. The van der Waals surface area contributed by atoms with Crippen LogP contribution in [0.15, 0.2) is 12.1 Å². The summed E-state index contributed by atoms with van der Waals surface area (Å²) in [4.78, 5) is 0. The zero-order valence-corrected chi connectivity index (χ0v) is 9.35. The molecule has 0 aromatic heterocycles. The quantitative estimate of drug-likeness (QED) is 0.620. The smallest absolute Gasteiger partial charge is 0.0423 e. The van der Waals surface area contributed by atoms with E-state index in [-0.39, 0.29) is 0 Å². The number of benzene rings is 1. The summed E-state index contributed by atoms with van der Waals surface area (Å²) in [6.07, 6.45) is 2.42. The number of nitrogen functional groups attached to an aromatic ring is 1. The highest BCUT2D eigenvalue weighted by molar-refractivity contribution is 5.67. The fourth-order valence-electron chi connectivity index (χ4n) is 1.73. The molecular weight excluding hydrogens is 172 g/mol. The Morgan fingerprint density at radius 3 is 2.71 bits per heavy atom. The van der Waals surface area contributed by atoms with Gasteiger partial charge in [-0.3, -0.25) is 0 Å². The Morgan fingerprint density at radius 1 is 1.29 bits per heavy atom. The summed E-state index contributed by atoms with van der Waals surface area (Å²) in [5, 5.41) is 3.39. The zero-order valence-electron chi connectivity index (χ0n) is 9.35. The maximum Gasteiger partial charge on any atom is 0.0423 e. The van der Waals surface area contributed by atoms with Crippen LogP contribution >= 0.6 is 0 Å². The molecule has 2 rings (SSSR count). The van der Waals surface area contributed by atoms with Gasteiger partial charge in [-0.1, -0.05) is 19.9 Å². The summed E-state index contributed by atoms with van der Waals surface area (Å²) in [6, 6.07) is 4.13. The summed E-state index contributed by atoms with van der Waals surface area (Å²) in [7, 11) is 0. The summed E-state index contributed by atoms with van der Waals surface area (Å²) in [6.45, 7) is 7.16. The van der Waals surface area contributed by atoms with Crippen LogP contribution < -0.4 is 11.1 Å². The average Bonchev–Trinajstić information content (AvgIpc) is 2.27. The molecule has 0 aliphatic carbocycles. The highest BCUT2D eigenvalue weighted by Crippen LogP contribution is 2.29. The second kappa shape index (κ2) is 4.89. The van der Waals surface area contributed by atoms with Crippen molar-refractivity contribution in [3.05, 3.63) is 23.3 Å². The predicted octanol–water partition coefficient (Wildman–Crippen LogP) is 2.96. The molecule has 0 amide bonds. The third-order valence-corrected chi connectivity index (χ3v) is 2.52. The molecule has 78 valence electrons. The van der Waals surface area contributed by atoms with Gasteiger partial charge in [0.25, 0.3) is 0 Å². The van der Waals surface area contributed by atoms with Gasteiger partial charge in [0.1, 0.15) is 0 Å². The molecule has 1 aliphatic rings. The van der Waals surface area contributed by atoms with Gasteiger partial charge in [-0.25, -0.2) is 0 Å². The van der Waals surface area contributed by atoms with Crippen LogP contribution in [0, 0.1) is 6.92 Å². The summed E-state index contributed by atoms with van der Waals surface area (Å²) >= 11 is 0. The van der Waals surface area contributed by atoms with E-state index >= 15 is 0 Å². The van der Waals surface area contributed by atoms with Crippen molar-refractivity contribution in [2.75, 3.05) is 17.6 Å². The second-order valence-corrected chi connectivity index (χ2v) is 3.34. The molecule has 1 aromatic carbocycles. The molecule has 1 heterocycles. The first kappa shape index (κ1) is 10.9. The van der Waals surface area contributed by atoms with Gasteiger partial charge >= 0.3 is 0 Å². The lowest BCUT2D eigenvalue weighted by atomic mass is 9.99. The Labute approximate surface area is 86.5 Å². The van der Waals surface area contributed by atoms with Crippen molar-refractivity contribution in [3.8, 4) is 0 Å². The third-order valence-electron chi connectivity index (χ3n) is 2.52. The number of anilines is 2. The number of hydrogen-bond donors (Lipinski definition) is 2. The number of aryl methyl sites for hydroxylation is 1. The molecule has 0 saturated heterocycles. The fraction of sp³-hybridized carbons (Fsp3) is 0.500. The Morgan fingerprint density at radius 2 is 2.00 bits per heavy atom. The fourth-order valence-corrected chi connectivity index (χ4v) is 1.73. The van der Waals surface area contributed by atoms with E-state index < -0.39 is 0 Å². The molecule has 0 fully saturated rings. The molecule has 0 radical (unpaired) electrons. The SMILES string of the molecule is CC.Cc1c(N)ccc2c1NCCC2. The summed E-state index contributed by atoms with van der Waals surface area (Å²) in [5.74, 6) is 0. The van der Waals surface area contributed by atoms with Crippen molar-refractivity contribution in [2.45, 2.75) is 33.6 Å². The van der Waals surface area contributed by atoms with Crippen molar-refractivity contribution in [3.63, 3.8) is 0 Å². The van der Waals surface area contributed by atoms with Crippen LogP contribution in [0.25, 0.3) is 0 Å². The normalized spacial score (nSPS) is 13.4. The second-order valence-electron chi connectivity index (χ2n) is 3.34. The molecule has 2 heteroatoms. The van der Waals surface area contributed by atoms with E-state index in [2.05, 4.69) is 18.3 Å². The summed E-state index contributed by atoms with van der Waals surface area (Å²) < 4.78 is 0. The van der Waals surface area contributed by atoms with Crippen LogP contribution in [0.1, 0.15) is 31.4 Å². The average molecular weight is 192 g/mol. The van der Waals surface area contributed by atoms with Crippen LogP contribution in [-0.4, -0.2) is 6.54 Å². The molecule has 3 N–H and O–H groups in total. The van der Waals surface area contributed by atoms with E-state index in [4.69, 9.17) is 5.73 Å². The van der Waals surface area contributed by atoms with Crippen LogP contribution in [0.2, 0.25) is 0 Å². The minimum Gasteiger partial charge on any atom is -0.398 e. The molecule has 14 heavy (non-hydrogen) atoms. The van der Waals surface area contributed by atoms with E-state index in [1.54, 1.807) is 0 Å². The molecule has 0 saturated carbocycles. The standard InChI is InChI=1S/C10H14N2.C2H6/c1-7-9(11)5-4-8-3-2-6-12-10(7)8;1-2/h4-5,12H,2-3,6,11H2,1H3;1-2H3. The molecule has 1 aromatic rings. The maximum absolute atomic E-state index is 5.80. The van der Waals surface area contributed by atoms with Crippen molar-refractivity contribution < 1.29 is 0 Å². The molecular formula is C12H20N2. The van der Waals surface area contributed by atoms with E-state index in [0.29, 0.717) is 0 Å². The minimum absolute atomic E-state index is 0.892. The van der Waals surface area contributed by atoms with E-state index in [1.165, 1.54) is 29.7 Å². The van der Waals surface area contributed by atoms with Gasteiger partial charge in [0, 0.05) is 17.9 Å². The van der Waals surface area contributed by atoms with Gasteiger partial charge in [0.2, 0.25) is 0 Å². The van der Waals surface area contributed by atoms with Gasteiger partial charge in [-0.05, 0) is 37.0 Å². The Kier molecular flexibility index (Phi) is 3.81. The first-order valence-corrected chi connectivity index (χ1v) is 5.41. The maximum atomic E-state index is 5.80. The summed E-state index contributed by atoms with van der Waals surface area (Å²) in [5.41, 5.74) is 10.6. The highest BCUT2D eigenvalue weighted by Gasteiger charge is 2.11. The van der Waals surface area contributed by atoms with Crippen LogP contribution in [-0.2, 0) is 6.42 Å². The minimum atomic E-state index is 0.892. The van der Waals surface area contributed by atoms with Gasteiger partial charge in [0.05, 0.1) is 0 Å². The first-order chi connectivity index (χ1) is 6.79. The van der Waals surface area contributed by atoms with Gasteiger partial charge in [-0.15, -0.1) is 0 Å². The van der Waals surface area contributed by atoms with E-state index in [9.17, 15) is 0 Å². The Hall–Kier alpha value is -1.18. The monoisotopic (exact) mass is 192 g/mol. The molecule has 0 bridgehead atoms. The lowest BCUT2D eigenvalue weighted by molar-refractivity contribution is 0.828. The van der Waals surface area contributed by atoms with Crippen molar-refractivity contribution in [2.24, 2.45) is 0 Å². The lowest BCUT2D eigenvalue weighted by Crippen LogP contribution is -2.13. The molecule has 0 unspecified atom stereocenters. The number of hydrogen-bond acceptors (Lipinski definition) is 2. The third kappa shape index (κ3) is 2.00. The lowest BCUT2D eigenvalue weighted by Gasteiger charge is -2.20.